The fraction of sp³-hybridized carbons (Fsp3) is 0.500. The number of aromatic nitrogens is 2. The molecule has 1 N–H and O–H groups in total. The summed E-state index contributed by atoms with van der Waals surface area (Å²) in [6.45, 7) is 5.53. The highest BCUT2D eigenvalue weighted by Gasteiger charge is 2.41. The van der Waals surface area contributed by atoms with Crippen LogP contribution in [0.1, 0.15) is 31.7 Å². The molecule has 3 heteroatoms. The van der Waals surface area contributed by atoms with E-state index in [2.05, 4.69) is 41.6 Å². The Kier molecular flexibility index (Phi) is 2.40. The number of aromatic amines is 1. The third-order valence-corrected chi connectivity index (χ3v) is 4.52. The van der Waals surface area contributed by atoms with Crippen LogP contribution in [-0.2, 0) is 6.54 Å². The van der Waals surface area contributed by atoms with Gasteiger partial charge in [-0.1, -0.05) is 19.1 Å². The lowest BCUT2D eigenvalue weighted by Crippen LogP contribution is -2.11. The zero-order valence-electron chi connectivity index (χ0n) is 10.4. The van der Waals surface area contributed by atoms with Crippen molar-refractivity contribution in [3.63, 3.8) is 0 Å². The van der Waals surface area contributed by atoms with Gasteiger partial charge in [0.25, 0.3) is 0 Å². The minimum Gasteiger partial charge on any atom is -0.331 e. The predicted octanol–water partition coefficient (Wildman–Crippen LogP) is 4.20. The molecule has 0 aliphatic heterocycles. The molecule has 1 saturated carbocycles. The minimum atomic E-state index is 0.523. The molecule has 90 valence electrons. The number of rotatable bonds is 3. The topological polar surface area (TPSA) is 20.7 Å². The van der Waals surface area contributed by atoms with Crippen molar-refractivity contribution in [2.24, 2.45) is 5.41 Å². The summed E-state index contributed by atoms with van der Waals surface area (Å²) >= 11 is 5.46. The molecule has 0 atom stereocenters. The minimum absolute atomic E-state index is 0.523. The van der Waals surface area contributed by atoms with Crippen LogP contribution in [0.4, 0.5) is 0 Å². The van der Waals surface area contributed by atoms with Gasteiger partial charge >= 0.3 is 0 Å². The molecule has 3 rings (SSSR count). The van der Waals surface area contributed by atoms with Gasteiger partial charge < -0.3 is 9.55 Å². The number of benzene rings is 1. The summed E-state index contributed by atoms with van der Waals surface area (Å²) < 4.78 is 3.17. The molecule has 1 aromatic heterocycles. The number of imidazole rings is 1. The molecule has 0 unspecified atom stereocenters. The van der Waals surface area contributed by atoms with E-state index in [0.717, 1.165) is 11.3 Å². The largest absolute Gasteiger partial charge is 0.331 e. The van der Waals surface area contributed by atoms with Gasteiger partial charge in [-0.05, 0) is 55.4 Å². The number of para-hydroxylation sites is 1. The van der Waals surface area contributed by atoms with E-state index in [1.807, 2.05) is 0 Å². The molecular formula is C14H18N2S. The van der Waals surface area contributed by atoms with E-state index in [1.54, 1.807) is 0 Å². The van der Waals surface area contributed by atoms with Gasteiger partial charge in [0.2, 0.25) is 0 Å². The Morgan fingerprint density at radius 3 is 2.82 bits per heavy atom. The van der Waals surface area contributed by atoms with Crippen LogP contribution in [-0.4, -0.2) is 9.55 Å². The van der Waals surface area contributed by atoms with Crippen LogP contribution in [0.5, 0.6) is 0 Å². The molecule has 2 aromatic rings. The first kappa shape index (κ1) is 11.0. The average molecular weight is 246 g/mol. The average Bonchev–Trinajstić information content (AvgIpc) is 3.00. The van der Waals surface area contributed by atoms with E-state index >= 15 is 0 Å². The first-order valence-corrected chi connectivity index (χ1v) is 6.74. The highest BCUT2D eigenvalue weighted by atomic mass is 32.1. The zero-order chi connectivity index (χ0) is 12.0. The summed E-state index contributed by atoms with van der Waals surface area (Å²) in [6, 6.07) is 6.35. The van der Waals surface area contributed by atoms with Crippen LogP contribution in [0.25, 0.3) is 11.0 Å². The standard InChI is InChI=1S/C14H18N2S/c1-3-14(7-8-14)9-16-12-10(2)5-4-6-11(12)15-13(16)17/h4-6H,3,7-9H2,1-2H3,(H,15,17). The van der Waals surface area contributed by atoms with Gasteiger partial charge in [-0.3, -0.25) is 0 Å². The Hall–Kier alpha value is -1.09. The van der Waals surface area contributed by atoms with Gasteiger partial charge in [-0.25, -0.2) is 0 Å². The lowest BCUT2D eigenvalue weighted by Gasteiger charge is -2.14. The highest BCUT2D eigenvalue weighted by Crippen LogP contribution is 2.50. The van der Waals surface area contributed by atoms with Crippen molar-refractivity contribution in [1.29, 1.82) is 0 Å². The number of nitrogens with zero attached hydrogens (tertiary/aromatic N) is 1. The second-order valence-electron chi connectivity index (χ2n) is 5.34. The predicted molar refractivity (Wildman–Crippen MR) is 73.8 cm³/mol. The van der Waals surface area contributed by atoms with Crippen molar-refractivity contribution < 1.29 is 0 Å². The Labute approximate surface area is 107 Å². The first-order chi connectivity index (χ1) is 8.15. The molecule has 1 aliphatic rings. The number of H-pyrrole nitrogens is 1. The summed E-state index contributed by atoms with van der Waals surface area (Å²) in [5, 5.41) is 0. The molecule has 2 nitrogen and oxygen atoms in total. The molecule has 1 aromatic carbocycles. The van der Waals surface area contributed by atoms with Crippen LogP contribution >= 0.6 is 12.2 Å². The van der Waals surface area contributed by atoms with Gasteiger partial charge in [0, 0.05) is 6.54 Å². The molecule has 1 aliphatic carbocycles. The van der Waals surface area contributed by atoms with Gasteiger partial charge in [-0.15, -0.1) is 0 Å². The third-order valence-electron chi connectivity index (χ3n) is 4.20. The van der Waals surface area contributed by atoms with E-state index in [4.69, 9.17) is 12.2 Å². The summed E-state index contributed by atoms with van der Waals surface area (Å²) in [5.74, 6) is 0. The van der Waals surface area contributed by atoms with Crippen LogP contribution < -0.4 is 0 Å². The quantitative estimate of drug-likeness (QED) is 0.805. The Bertz CT molecular complexity index is 617. The molecule has 0 radical (unpaired) electrons. The van der Waals surface area contributed by atoms with Gasteiger partial charge in [0.15, 0.2) is 4.77 Å². The van der Waals surface area contributed by atoms with Crippen molar-refractivity contribution in [3.8, 4) is 0 Å². The third kappa shape index (κ3) is 1.73. The zero-order valence-corrected chi connectivity index (χ0v) is 11.2. The lowest BCUT2D eigenvalue weighted by molar-refractivity contribution is 0.412. The summed E-state index contributed by atoms with van der Waals surface area (Å²) in [5.41, 5.74) is 4.29. The van der Waals surface area contributed by atoms with E-state index in [9.17, 15) is 0 Å². The van der Waals surface area contributed by atoms with E-state index in [0.29, 0.717) is 5.41 Å². The lowest BCUT2D eigenvalue weighted by atomic mass is 10.0. The smallest absolute Gasteiger partial charge is 0.178 e. The van der Waals surface area contributed by atoms with Crippen molar-refractivity contribution in [3.05, 3.63) is 28.5 Å². The molecule has 1 heterocycles. The number of nitrogens with one attached hydrogen (secondary N) is 1. The normalized spacial score (nSPS) is 17.5. The highest BCUT2D eigenvalue weighted by molar-refractivity contribution is 7.71. The SMILES string of the molecule is CCC1(Cn2c(=S)[nH]c3cccc(C)c32)CC1. The summed E-state index contributed by atoms with van der Waals surface area (Å²) in [6.07, 6.45) is 3.96. The van der Waals surface area contributed by atoms with Gasteiger partial charge in [-0.2, -0.15) is 0 Å². The Morgan fingerprint density at radius 1 is 1.41 bits per heavy atom. The van der Waals surface area contributed by atoms with Crippen LogP contribution in [0.3, 0.4) is 0 Å². The summed E-state index contributed by atoms with van der Waals surface area (Å²) in [4.78, 5) is 3.32. The Morgan fingerprint density at radius 2 is 2.18 bits per heavy atom. The number of aryl methyl sites for hydroxylation is 1. The van der Waals surface area contributed by atoms with Gasteiger partial charge in [0.1, 0.15) is 0 Å². The summed E-state index contributed by atoms with van der Waals surface area (Å²) in [7, 11) is 0. The fourth-order valence-corrected chi connectivity index (χ4v) is 2.95. The molecular weight excluding hydrogens is 228 g/mol. The van der Waals surface area contributed by atoms with Crippen LogP contribution in [0.15, 0.2) is 18.2 Å². The van der Waals surface area contributed by atoms with Crippen molar-refractivity contribution in [1.82, 2.24) is 9.55 Å². The van der Waals surface area contributed by atoms with Crippen molar-refractivity contribution >= 4 is 23.3 Å². The monoisotopic (exact) mass is 246 g/mol. The van der Waals surface area contributed by atoms with Crippen LogP contribution in [0, 0.1) is 17.1 Å². The maximum absolute atomic E-state index is 5.46. The fourth-order valence-electron chi connectivity index (χ4n) is 2.69. The second kappa shape index (κ2) is 3.70. The van der Waals surface area contributed by atoms with Gasteiger partial charge in [0.05, 0.1) is 11.0 Å². The Balaban J connectivity index is 2.15. The molecule has 1 fully saturated rings. The van der Waals surface area contributed by atoms with Crippen molar-refractivity contribution in [2.45, 2.75) is 39.7 Å². The molecule has 0 saturated heterocycles. The number of fused-ring (bicyclic) bond motifs is 1. The molecule has 0 spiro atoms. The van der Waals surface area contributed by atoms with E-state index < -0.39 is 0 Å². The van der Waals surface area contributed by atoms with E-state index in [1.165, 1.54) is 35.9 Å². The molecule has 0 amide bonds. The maximum atomic E-state index is 5.46. The van der Waals surface area contributed by atoms with Crippen LogP contribution in [0.2, 0.25) is 0 Å². The second-order valence-corrected chi connectivity index (χ2v) is 5.73. The number of hydrogen-bond acceptors (Lipinski definition) is 1. The van der Waals surface area contributed by atoms with Crippen molar-refractivity contribution in [2.75, 3.05) is 0 Å². The number of hydrogen-bond donors (Lipinski definition) is 1. The molecule has 17 heavy (non-hydrogen) atoms. The van der Waals surface area contributed by atoms with E-state index in [-0.39, 0.29) is 0 Å². The maximum Gasteiger partial charge on any atom is 0.178 e. The molecule has 0 bridgehead atoms. The first-order valence-electron chi connectivity index (χ1n) is 6.33.